The Kier molecular flexibility index (Phi) is 11.4. The minimum atomic E-state index is -1.84. The van der Waals surface area contributed by atoms with Gasteiger partial charge in [-0.3, -0.25) is 9.59 Å². The molecule has 0 aliphatic carbocycles. The van der Waals surface area contributed by atoms with Gasteiger partial charge in [0, 0.05) is 6.42 Å². The van der Waals surface area contributed by atoms with Gasteiger partial charge in [-0.2, -0.15) is 0 Å². The first kappa shape index (κ1) is 29.5. The highest BCUT2D eigenvalue weighted by Gasteiger charge is 2.51. The second kappa shape index (κ2) is 12.8. The zero-order valence-corrected chi connectivity index (χ0v) is 17.5. The predicted molar refractivity (Wildman–Crippen MR) is 102 cm³/mol. The van der Waals surface area contributed by atoms with E-state index in [1.54, 1.807) is 0 Å². The summed E-state index contributed by atoms with van der Waals surface area (Å²) in [4.78, 5) is 22.9. The van der Waals surface area contributed by atoms with Crippen LogP contribution in [0, 0.1) is 0 Å². The molecule has 2 aliphatic heterocycles. The average Bonchev–Trinajstić information content (AvgIpc) is 2.76. The van der Waals surface area contributed by atoms with Crippen molar-refractivity contribution in [1.82, 2.24) is 6.15 Å². The zero-order chi connectivity index (χ0) is 24.2. The van der Waals surface area contributed by atoms with E-state index in [0.29, 0.717) is 0 Å². The van der Waals surface area contributed by atoms with Gasteiger partial charge in [-0.15, -0.1) is 0 Å². The smallest absolute Gasteiger partial charge is 0.320 e. The molecule has 0 aromatic rings. The molecule has 0 aromatic heterocycles. The Morgan fingerprint density at radius 1 is 0.879 bits per heavy atom. The largest absolute Gasteiger partial charge is 0.480 e. The quantitative estimate of drug-likeness (QED) is 0.135. The third-order valence-corrected chi connectivity index (χ3v) is 5.20. The lowest BCUT2D eigenvalue weighted by molar-refractivity contribution is -0.355. The van der Waals surface area contributed by atoms with E-state index in [2.05, 4.69) is 0 Å². The second-order valence-corrected chi connectivity index (χ2v) is 7.47. The number of aliphatic hydroxyl groups is 7. The lowest BCUT2D eigenvalue weighted by atomic mass is 9.97. The molecule has 2 aliphatic rings. The number of ether oxygens (including phenoxy) is 4. The molecule has 2 saturated heterocycles. The van der Waals surface area contributed by atoms with E-state index >= 15 is 0 Å². The number of carbonyl (C=O) groups is 2. The van der Waals surface area contributed by atoms with Crippen LogP contribution in [0.2, 0.25) is 0 Å². The lowest BCUT2D eigenvalue weighted by Gasteiger charge is -2.46. The fourth-order valence-corrected chi connectivity index (χ4v) is 3.29. The van der Waals surface area contributed by atoms with Gasteiger partial charge in [0.1, 0.15) is 48.8 Å². The van der Waals surface area contributed by atoms with Crippen molar-refractivity contribution in [2.24, 2.45) is 5.73 Å². The molecule has 2 fully saturated rings. The predicted octanol–water partition coefficient (Wildman–Crippen LogP) is -5.49. The number of aliphatic hydroxyl groups excluding tert-OH is 7. The molecule has 0 saturated carbocycles. The van der Waals surface area contributed by atoms with Crippen LogP contribution in [0.4, 0.5) is 0 Å². The van der Waals surface area contributed by atoms with E-state index in [9.17, 15) is 45.3 Å². The molecular weight excluding hydrogens is 456 g/mol. The Hall–Kier alpha value is -1.54. The van der Waals surface area contributed by atoms with Crippen LogP contribution < -0.4 is 11.9 Å². The summed E-state index contributed by atoms with van der Waals surface area (Å²) in [6.45, 7) is -1.55. The minimum absolute atomic E-state index is 0. The van der Waals surface area contributed by atoms with Gasteiger partial charge >= 0.3 is 11.9 Å². The van der Waals surface area contributed by atoms with E-state index in [1.807, 2.05) is 0 Å². The highest BCUT2D eigenvalue weighted by molar-refractivity contribution is 5.75. The molecule has 16 nitrogen and oxygen atoms in total. The SMILES string of the molecule is N.NC(CCC(=O)O[C@H]1[C@H](O[C@H]2[C@H](O)[C@@H](O)[C@H](O)O[C@@H]2CO)O[C@H](CO)[C@H](O)[C@@H]1O)C(=O)O. The maximum Gasteiger partial charge on any atom is 0.320 e. The van der Waals surface area contributed by atoms with Gasteiger partial charge in [0.25, 0.3) is 0 Å². The van der Waals surface area contributed by atoms with Crippen LogP contribution in [0.1, 0.15) is 12.8 Å². The van der Waals surface area contributed by atoms with Crippen molar-refractivity contribution in [1.29, 1.82) is 0 Å². The Balaban J connectivity index is 0.00000544. The molecule has 1 unspecified atom stereocenters. The van der Waals surface area contributed by atoms with Crippen molar-refractivity contribution in [3.8, 4) is 0 Å². The Morgan fingerprint density at radius 2 is 1.45 bits per heavy atom. The summed E-state index contributed by atoms with van der Waals surface area (Å²) in [5.74, 6) is -2.37. The zero-order valence-electron chi connectivity index (χ0n) is 17.5. The van der Waals surface area contributed by atoms with E-state index in [-0.39, 0.29) is 12.6 Å². The van der Waals surface area contributed by atoms with Crippen LogP contribution in [0.15, 0.2) is 0 Å². The third-order valence-electron chi connectivity index (χ3n) is 5.20. The van der Waals surface area contributed by atoms with Crippen LogP contribution in [0.25, 0.3) is 0 Å². The number of hydrogen-bond acceptors (Lipinski definition) is 15. The molecular formula is C17H32N2O14. The fraction of sp³-hybridized carbons (Fsp3) is 0.882. The first-order chi connectivity index (χ1) is 15.0. The van der Waals surface area contributed by atoms with Gasteiger partial charge in [-0.05, 0) is 6.42 Å². The van der Waals surface area contributed by atoms with Crippen molar-refractivity contribution in [3.63, 3.8) is 0 Å². The Morgan fingerprint density at radius 3 is 2.00 bits per heavy atom. The van der Waals surface area contributed by atoms with Crippen molar-refractivity contribution in [2.45, 2.75) is 80.3 Å². The molecule has 2 heterocycles. The van der Waals surface area contributed by atoms with Gasteiger partial charge in [-0.1, -0.05) is 0 Å². The summed E-state index contributed by atoms with van der Waals surface area (Å²) in [5, 5.41) is 77.7. The third kappa shape index (κ3) is 6.98. The first-order valence-corrected chi connectivity index (χ1v) is 9.78. The van der Waals surface area contributed by atoms with Crippen molar-refractivity contribution < 1.29 is 69.4 Å². The maximum atomic E-state index is 12.1. The molecule has 0 amide bonds. The number of carboxylic acid groups (broad SMARTS) is 1. The van der Waals surface area contributed by atoms with Gasteiger partial charge in [0.05, 0.1) is 13.2 Å². The second-order valence-electron chi connectivity index (χ2n) is 7.47. The van der Waals surface area contributed by atoms with E-state index in [1.165, 1.54) is 0 Å². The molecule has 0 radical (unpaired) electrons. The topological polar surface area (TPSA) is 294 Å². The summed E-state index contributed by atoms with van der Waals surface area (Å²) in [6.07, 6.45) is -17.6. The lowest BCUT2D eigenvalue weighted by Crippen LogP contribution is -2.65. The van der Waals surface area contributed by atoms with Crippen molar-refractivity contribution in [3.05, 3.63) is 0 Å². The summed E-state index contributed by atoms with van der Waals surface area (Å²) in [6, 6.07) is -1.35. The molecule has 0 spiro atoms. The Bertz CT molecular complexity index is 639. The number of carbonyl (C=O) groups excluding carboxylic acids is 1. The van der Waals surface area contributed by atoms with Crippen LogP contribution in [0.5, 0.6) is 0 Å². The van der Waals surface area contributed by atoms with Crippen LogP contribution in [-0.4, -0.2) is 133 Å². The molecule has 11 atom stereocenters. The summed E-state index contributed by atoms with van der Waals surface area (Å²) < 4.78 is 20.9. The molecule has 194 valence electrons. The highest BCUT2D eigenvalue weighted by Crippen LogP contribution is 2.30. The number of hydrogen-bond donors (Lipinski definition) is 10. The molecule has 16 heteroatoms. The summed E-state index contributed by atoms with van der Waals surface area (Å²) in [5.41, 5.74) is 5.32. The first-order valence-electron chi connectivity index (χ1n) is 9.78. The maximum absolute atomic E-state index is 12.1. The number of aliphatic carboxylic acids is 1. The normalized spacial score (nSPS) is 39.9. The van der Waals surface area contributed by atoms with Gasteiger partial charge < -0.3 is 71.7 Å². The number of rotatable bonds is 9. The van der Waals surface area contributed by atoms with Crippen LogP contribution in [-0.2, 0) is 28.5 Å². The van der Waals surface area contributed by atoms with E-state index in [0.717, 1.165) is 0 Å². The minimum Gasteiger partial charge on any atom is -0.480 e. The molecule has 0 aromatic carbocycles. The van der Waals surface area contributed by atoms with E-state index in [4.69, 9.17) is 29.8 Å². The summed E-state index contributed by atoms with van der Waals surface area (Å²) in [7, 11) is 0. The van der Waals surface area contributed by atoms with Gasteiger partial charge in [-0.25, -0.2) is 0 Å². The molecule has 33 heavy (non-hydrogen) atoms. The van der Waals surface area contributed by atoms with Crippen LogP contribution >= 0.6 is 0 Å². The number of esters is 1. The van der Waals surface area contributed by atoms with Crippen molar-refractivity contribution in [2.75, 3.05) is 13.2 Å². The van der Waals surface area contributed by atoms with Crippen LogP contribution in [0.3, 0.4) is 0 Å². The fourth-order valence-electron chi connectivity index (χ4n) is 3.29. The molecule has 13 N–H and O–H groups in total. The van der Waals surface area contributed by atoms with Gasteiger partial charge in [0.15, 0.2) is 18.7 Å². The summed E-state index contributed by atoms with van der Waals surface area (Å²) >= 11 is 0. The molecule has 0 bridgehead atoms. The monoisotopic (exact) mass is 488 g/mol. The Labute approximate surface area is 187 Å². The number of nitrogens with two attached hydrogens (primary N) is 1. The highest BCUT2D eigenvalue weighted by atomic mass is 16.7. The standard InChI is InChI=1S/C17H29NO14.H3N/c18-5(15(26)27)1-2-8(21)31-14-10(23)9(22)6(3-19)30-17(14)32-13-7(4-20)29-16(28)12(25)11(13)24;/h5-7,9-14,16-17,19-20,22-25,28H,1-4,18H2,(H,26,27);1H3/t5?,6-,7-,9+,10+,11-,12-,13-,14-,16-,17+;/m1./s1. The van der Waals surface area contributed by atoms with E-state index < -0.39 is 99.0 Å². The average molecular weight is 488 g/mol. The molecule has 2 rings (SSSR count). The van der Waals surface area contributed by atoms with Gasteiger partial charge in [0.2, 0.25) is 0 Å². The van der Waals surface area contributed by atoms with Crippen molar-refractivity contribution >= 4 is 11.9 Å². The number of carboxylic acids is 1.